The van der Waals surface area contributed by atoms with Crippen LogP contribution in [0.2, 0.25) is 5.02 Å². The average Bonchev–Trinajstić information content (AvgIpc) is 2.65. The van der Waals surface area contributed by atoms with E-state index in [9.17, 15) is 9.18 Å². The van der Waals surface area contributed by atoms with Crippen LogP contribution in [0, 0.1) is 5.82 Å². The van der Waals surface area contributed by atoms with Gasteiger partial charge in [0.15, 0.2) is 0 Å². The minimum Gasteiger partial charge on any atom is -0.481 e. The van der Waals surface area contributed by atoms with Crippen LogP contribution in [-0.4, -0.2) is 46.2 Å². The molecule has 1 aliphatic rings. The number of carboxylic acids is 1. The van der Waals surface area contributed by atoms with Crippen LogP contribution in [0.25, 0.3) is 0 Å². The zero-order valence-electron chi connectivity index (χ0n) is 15.6. The van der Waals surface area contributed by atoms with Gasteiger partial charge in [-0.1, -0.05) is 11.6 Å². The van der Waals surface area contributed by atoms with Crippen molar-refractivity contribution in [2.75, 3.05) is 29.9 Å². The maximum absolute atomic E-state index is 13.3. The number of rotatable bonds is 7. The Morgan fingerprint density at radius 3 is 2.75 bits per heavy atom. The first-order valence-corrected chi connectivity index (χ1v) is 9.48. The fourth-order valence-electron chi connectivity index (χ4n) is 3.19. The number of nitrogens with one attached hydrogen (secondary N) is 2. The highest BCUT2D eigenvalue weighted by atomic mass is 35.5. The van der Waals surface area contributed by atoms with Gasteiger partial charge >= 0.3 is 5.97 Å². The minimum absolute atomic E-state index is 0.0463. The molecule has 2 heterocycles. The molecule has 0 unspecified atom stereocenters. The Hall–Kier alpha value is -2.45. The number of aliphatic carboxylic acids is 1. The van der Waals surface area contributed by atoms with Crippen LogP contribution in [0.1, 0.15) is 26.2 Å². The van der Waals surface area contributed by atoms with Crippen molar-refractivity contribution >= 4 is 34.9 Å². The number of halogens is 2. The van der Waals surface area contributed by atoms with Crippen molar-refractivity contribution in [3.63, 3.8) is 0 Å². The molecule has 1 aromatic heterocycles. The van der Waals surface area contributed by atoms with E-state index in [0.29, 0.717) is 18.1 Å². The number of nitrogens with zero attached hydrogens (tertiary/aromatic N) is 3. The number of carbonyl (C=O) groups is 1. The second-order valence-corrected chi connectivity index (χ2v) is 7.54. The van der Waals surface area contributed by atoms with Crippen molar-refractivity contribution in [2.45, 2.75) is 31.7 Å². The van der Waals surface area contributed by atoms with Crippen LogP contribution < -0.4 is 15.5 Å². The topological polar surface area (TPSA) is 90.4 Å². The molecule has 7 nitrogen and oxygen atoms in total. The monoisotopic (exact) mass is 407 g/mol. The van der Waals surface area contributed by atoms with Gasteiger partial charge in [-0.3, -0.25) is 4.79 Å². The first-order valence-electron chi connectivity index (χ1n) is 9.10. The number of hydrogen-bond acceptors (Lipinski definition) is 6. The molecular formula is C19H23ClFN5O2. The van der Waals surface area contributed by atoms with Gasteiger partial charge in [-0.25, -0.2) is 14.4 Å². The quantitative estimate of drug-likeness (QED) is 0.647. The fraction of sp³-hybridized carbons (Fsp3) is 0.421. The number of piperidine rings is 1. The Balaban J connectivity index is 1.60. The summed E-state index contributed by atoms with van der Waals surface area (Å²) in [6.07, 6.45) is 3.37. The van der Waals surface area contributed by atoms with E-state index >= 15 is 0 Å². The number of hydrogen-bond donors (Lipinski definition) is 3. The van der Waals surface area contributed by atoms with Gasteiger partial charge in [0.2, 0.25) is 0 Å². The minimum atomic E-state index is -0.794. The second-order valence-electron chi connectivity index (χ2n) is 7.13. The first kappa shape index (κ1) is 20.3. The lowest BCUT2D eigenvalue weighted by Gasteiger charge is -2.40. The number of aromatic nitrogens is 2. The number of carboxylic acid groups (broad SMARTS) is 1. The third-order valence-electron chi connectivity index (χ3n) is 4.93. The number of benzene rings is 1. The predicted molar refractivity (Wildman–Crippen MR) is 107 cm³/mol. The zero-order chi connectivity index (χ0) is 20.1. The maximum Gasteiger partial charge on any atom is 0.304 e. The average molecular weight is 408 g/mol. The Kier molecular flexibility index (Phi) is 6.31. The van der Waals surface area contributed by atoms with E-state index in [1.807, 2.05) is 6.07 Å². The molecule has 1 aromatic carbocycles. The van der Waals surface area contributed by atoms with Gasteiger partial charge in [-0.05, 0) is 38.0 Å². The van der Waals surface area contributed by atoms with E-state index in [-0.39, 0.29) is 17.0 Å². The smallest absolute Gasteiger partial charge is 0.304 e. The molecule has 0 saturated carbocycles. The highest BCUT2D eigenvalue weighted by molar-refractivity contribution is 6.31. The van der Waals surface area contributed by atoms with Crippen molar-refractivity contribution in [3.05, 3.63) is 41.4 Å². The Labute approximate surface area is 167 Å². The van der Waals surface area contributed by atoms with E-state index in [0.717, 1.165) is 31.7 Å². The third kappa shape index (κ3) is 5.30. The maximum atomic E-state index is 13.3. The molecule has 150 valence electrons. The predicted octanol–water partition coefficient (Wildman–Crippen LogP) is 3.44. The van der Waals surface area contributed by atoms with Crippen LogP contribution >= 0.6 is 11.6 Å². The van der Waals surface area contributed by atoms with Crippen LogP contribution in [0.15, 0.2) is 30.6 Å². The molecule has 0 aliphatic carbocycles. The van der Waals surface area contributed by atoms with E-state index < -0.39 is 11.8 Å². The molecule has 3 rings (SSSR count). The summed E-state index contributed by atoms with van der Waals surface area (Å²) in [7, 11) is 0. The summed E-state index contributed by atoms with van der Waals surface area (Å²) in [5.41, 5.74) is 0.565. The van der Waals surface area contributed by atoms with E-state index in [4.69, 9.17) is 16.7 Å². The van der Waals surface area contributed by atoms with Gasteiger partial charge in [-0.15, -0.1) is 0 Å². The van der Waals surface area contributed by atoms with Crippen molar-refractivity contribution in [1.82, 2.24) is 15.3 Å². The van der Waals surface area contributed by atoms with Crippen LogP contribution in [0.3, 0.4) is 0 Å². The van der Waals surface area contributed by atoms with Gasteiger partial charge < -0.3 is 20.6 Å². The molecule has 0 amide bonds. The standard InChI is InChI=1S/C19H23ClFN5O2/c1-19(24-7-4-18(27)28)5-8-26(9-6-19)17-11-16(22-12-23-17)25-13-2-3-15(21)14(20)10-13/h2-3,10-12,24H,4-9H2,1H3,(H,27,28)(H,22,23,25). The number of anilines is 3. The van der Waals surface area contributed by atoms with Crippen LogP contribution in [0.4, 0.5) is 21.7 Å². The highest BCUT2D eigenvalue weighted by Crippen LogP contribution is 2.27. The molecule has 0 atom stereocenters. The van der Waals surface area contributed by atoms with Gasteiger partial charge in [0.25, 0.3) is 0 Å². The molecule has 28 heavy (non-hydrogen) atoms. The SMILES string of the molecule is CC1(NCCC(=O)O)CCN(c2cc(Nc3ccc(F)c(Cl)c3)ncn2)CC1. The molecule has 1 fully saturated rings. The molecule has 1 aliphatic heterocycles. The zero-order valence-corrected chi connectivity index (χ0v) is 16.3. The lowest BCUT2D eigenvalue weighted by molar-refractivity contribution is -0.136. The van der Waals surface area contributed by atoms with E-state index in [2.05, 4.69) is 32.4 Å². The molecule has 9 heteroatoms. The Morgan fingerprint density at radius 2 is 2.07 bits per heavy atom. The first-order chi connectivity index (χ1) is 13.3. The molecule has 0 spiro atoms. The van der Waals surface area contributed by atoms with E-state index in [1.165, 1.54) is 18.5 Å². The van der Waals surface area contributed by atoms with Crippen LogP contribution in [0.5, 0.6) is 0 Å². The molecular weight excluding hydrogens is 385 g/mol. The van der Waals surface area contributed by atoms with Gasteiger partial charge in [0.05, 0.1) is 11.4 Å². The molecule has 0 bridgehead atoms. The van der Waals surface area contributed by atoms with E-state index in [1.54, 1.807) is 6.07 Å². The molecule has 0 radical (unpaired) electrons. The summed E-state index contributed by atoms with van der Waals surface area (Å²) in [5.74, 6) is 0.139. The Bertz CT molecular complexity index is 843. The van der Waals surface area contributed by atoms with Gasteiger partial charge in [-0.2, -0.15) is 0 Å². The summed E-state index contributed by atoms with van der Waals surface area (Å²) < 4.78 is 13.3. The van der Waals surface area contributed by atoms with Gasteiger partial charge in [0.1, 0.15) is 23.8 Å². The van der Waals surface area contributed by atoms with Crippen molar-refractivity contribution < 1.29 is 14.3 Å². The second kappa shape index (κ2) is 8.70. The third-order valence-corrected chi connectivity index (χ3v) is 5.22. The van der Waals surface area contributed by atoms with Crippen molar-refractivity contribution in [3.8, 4) is 0 Å². The van der Waals surface area contributed by atoms with Crippen molar-refractivity contribution in [2.24, 2.45) is 0 Å². The van der Waals surface area contributed by atoms with Gasteiger partial charge in [0, 0.05) is 36.9 Å². The summed E-state index contributed by atoms with van der Waals surface area (Å²) in [6.45, 7) is 4.19. The normalized spacial score (nSPS) is 16.0. The summed E-state index contributed by atoms with van der Waals surface area (Å²) >= 11 is 5.82. The summed E-state index contributed by atoms with van der Waals surface area (Å²) in [5, 5.41) is 15.3. The van der Waals surface area contributed by atoms with Crippen molar-refractivity contribution in [1.29, 1.82) is 0 Å². The van der Waals surface area contributed by atoms with Crippen LogP contribution in [-0.2, 0) is 4.79 Å². The fourth-order valence-corrected chi connectivity index (χ4v) is 3.37. The summed E-state index contributed by atoms with van der Waals surface area (Å²) in [4.78, 5) is 21.4. The molecule has 3 N–H and O–H groups in total. The lowest BCUT2D eigenvalue weighted by Crippen LogP contribution is -2.52. The lowest BCUT2D eigenvalue weighted by atomic mass is 9.89. The molecule has 2 aromatic rings. The largest absolute Gasteiger partial charge is 0.481 e. The summed E-state index contributed by atoms with van der Waals surface area (Å²) in [6, 6.07) is 6.25. The highest BCUT2D eigenvalue weighted by Gasteiger charge is 2.30. The molecule has 1 saturated heterocycles. The Morgan fingerprint density at radius 1 is 1.32 bits per heavy atom.